The van der Waals surface area contributed by atoms with Crippen LogP contribution in [0.15, 0.2) is 18.2 Å². The van der Waals surface area contributed by atoms with E-state index in [1.807, 2.05) is 0 Å². The van der Waals surface area contributed by atoms with E-state index in [4.69, 9.17) is 0 Å². The number of amides is 2. The Bertz CT molecular complexity index is 520. The Labute approximate surface area is 119 Å². The molecule has 1 N–H and O–H groups in total. The van der Waals surface area contributed by atoms with Crippen LogP contribution in [0.4, 0.5) is 5.69 Å². The van der Waals surface area contributed by atoms with Crippen molar-refractivity contribution < 1.29 is 9.59 Å². The Morgan fingerprint density at radius 2 is 1.75 bits per heavy atom. The molecule has 0 aliphatic carbocycles. The molecule has 1 aromatic carbocycles. The van der Waals surface area contributed by atoms with Gasteiger partial charge in [0, 0.05) is 38.9 Å². The summed E-state index contributed by atoms with van der Waals surface area (Å²) >= 11 is 0. The van der Waals surface area contributed by atoms with E-state index < -0.39 is 11.8 Å². The van der Waals surface area contributed by atoms with Crippen LogP contribution >= 0.6 is 0 Å². The first-order chi connectivity index (χ1) is 9.54. The molecule has 5 nitrogen and oxygen atoms in total. The van der Waals surface area contributed by atoms with Crippen molar-refractivity contribution in [2.45, 2.75) is 13.8 Å². The Balaban J connectivity index is 2.03. The molecule has 0 spiro atoms. The molecule has 0 saturated carbocycles. The zero-order chi connectivity index (χ0) is 14.7. The molecule has 2 rings (SSSR count). The van der Waals surface area contributed by atoms with Crippen LogP contribution in [-0.4, -0.2) is 49.9 Å². The van der Waals surface area contributed by atoms with Gasteiger partial charge in [0.25, 0.3) is 0 Å². The van der Waals surface area contributed by atoms with Gasteiger partial charge in [-0.3, -0.25) is 9.59 Å². The molecular weight excluding hydrogens is 254 g/mol. The van der Waals surface area contributed by atoms with Crippen molar-refractivity contribution >= 4 is 17.5 Å². The number of anilines is 1. The van der Waals surface area contributed by atoms with Gasteiger partial charge in [0.2, 0.25) is 0 Å². The number of nitrogens with zero attached hydrogens (tertiary/aromatic N) is 2. The topological polar surface area (TPSA) is 52.7 Å². The van der Waals surface area contributed by atoms with E-state index in [0.717, 1.165) is 13.1 Å². The second kappa shape index (κ2) is 5.94. The van der Waals surface area contributed by atoms with Crippen molar-refractivity contribution in [3.8, 4) is 0 Å². The Kier molecular flexibility index (Phi) is 4.27. The zero-order valence-electron chi connectivity index (χ0n) is 12.3. The lowest BCUT2D eigenvalue weighted by Gasteiger charge is -2.36. The molecule has 2 amide bonds. The van der Waals surface area contributed by atoms with Gasteiger partial charge in [-0.25, -0.2) is 0 Å². The fourth-order valence-corrected chi connectivity index (χ4v) is 2.48. The van der Waals surface area contributed by atoms with Crippen LogP contribution in [0.2, 0.25) is 0 Å². The summed E-state index contributed by atoms with van der Waals surface area (Å²) in [7, 11) is 1.48. The molecule has 1 heterocycles. The Morgan fingerprint density at radius 1 is 1.10 bits per heavy atom. The minimum Gasteiger partial charge on any atom is -0.368 e. The molecule has 0 unspecified atom stereocenters. The van der Waals surface area contributed by atoms with Gasteiger partial charge < -0.3 is 15.1 Å². The first-order valence-corrected chi connectivity index (χ1v) is 6.86. The molecule has 0 aromatic heterocycles. The van der Waals surface area contributed by atoms with Crippen LogP contribution in [0.25, 0.3) is 0 Å². The van der Waals surface area contributed by atoms with E-state index in [1.54, 1.807) is 4.90 Å². The average molecular weight is 275 g/mol. The third-order valence-electron chi connectivity index (χ3n) is 3.90. The summed E-state index contributed by atoms with van der Waals surface area (Å²) in [4.78, 5) is 27.0. The van der Waals surface area contributed by atoms with Gasteiger partial charge in [0.15, 0.2) is 0 Å². The smallest absolute Gasteiger partial charge is 0.311 e. The van der Waals surface area contributed by atoms with E-state index in [9.17, 15) is 9.59 Å². The van der Waals surface area contributed by atoms with E-state index in [0.29, 0.717) is 13.1 Å². The van der Waals surface area contributed by atoms with E-state index >= 15 is 0 Å². The highest BCUT2D eigenvalue weighted by molar-refractivity contribution is 6.34. The van der Waals surface area contributed by atoms with Crippen molar-refractivity contribution in [3.05, 3.63) is 29.3 Å². The monoisotopic (exact) mass is 275 g/mol. The van der Waals surface area contributed by atoms with E-state index in [2.05, 4.69) is 42.3 Å². The lowest BCUT2D eigenvalue weighted by Crippen LogP contribution is -2.52. The SMILES string of the molecule is CNC(=O)C(=O)N1CCN(c2cccc(C)c2C)CC1. The van der Waals surface area contributed by atoms with Crippen LogP contribution < -0.4 is 10.2 Å². The van der Waals surface area contributed by atoms with Crippen molar-refractivity contribution in [2.75, 3.05) is 38.1 Å². The fourth-order valence-electron chi connectivity index (χ4n) is 2.48. The number of nitrogens with one attached hydrogen (secondary N) is 1. The highest BCUT2D eigenvalue weighted by atomic mass is 16.2. The van der Waals surface area contributed by atoms with Gasteiger partial charge in [-0.1, -0.05) is 12.1 Å². The maximum absolute atomic E-state index is 11.8. The molecule has 0 atom stereocenters. The van der Waals surface area contributed by atoms with E-state index in [1.165, 1.54) is 23.9 Å². The predicted octanol–water partition coefficient (Wildman–Crippen LogP) is 0.698. The summed E-state index contributed by atoms with van der Waals surface area (Å²) in [6.07, 6.45) is 0. The molecule has 1 aliphatic heterocycles. The van der Waals surface area contributed by atoms with E-state index in [-0.39, 0.29) is 0 Å². The third kappa shape index (κ3) is 2.76. The maximum Gasteiger partial charge on any atom is 0.311 e. The van der Waals surface area contributed by atoms with Crippen LogP contribution in [-0.2, 0) is 9.59 Å². The standard InChI is InChI=1S/C15H21N3O2/c1-11-5-4-6-13(12(11)2)17-7-9-18(10-8-17)15(20)14(19)16-3/h4-6H,7-10H2,1-3H3,(H,16,19). The highest BCUT2D eigenvalue weighted by Crippen LogP contribution is 2.23. The number of likely N-dealkylation sites (N-methyl/N-ethyl adjacent to an activating group) is 1. The summed E-state index contributed by atoms with van der Waals surface area (Å²) in [5.41, 5.74) is 3.77. The molecule has 1 fully saturated rings. The number of hydrogen-bond donors (Lipinski definition) is 1. The fraction of sp³-hybridized carbons (Fsp3) is 0.467. The summed E-state index contributed by atoms with van der Waals surface area (Å²) in [6, 6.07) is 6.27. The molecule has 5 heteroatoms. The van der Waals surface area contributed by atoms with Gasteiger partial charge in [-0.2, -0.15) is 0 Å². The average Bonchev–Trinajstić information content (AvgIpc) is 2.48. The largest absolute Gasteiger partial charge is 0.368 e. The molecule has 1 aliphatic rings. The number of carbonyl (C=O) groups is 2. The molecule has 108 valence electrons. The molecule has 1 aromatic rings. The van der Waals surface area contributed by atoms with Crippen LogP contribution in [0.1, 0.15) is 11.1 Å². The second-order valence-corrected chi connectivity index (χ2v) is 5.08. The second-order valence-electron chi connectivity index (χ2n) is 5.08. The van der Waals surface area contributed by atoms with Crippen molar-refractivity contribution in [3.63, 3.8) is 0 Å². The number of piperazine rings is 1. The van der Waals surface area contributed by atoms with Gasteiger partial charge in [0.05, 0.1) is 0 Å². The Morgan fingerprint density at radius 3 is 2.35 bits per heavy atom. The molecule has 1 saturated heterocycles. The van der Waals surface area contributed by atoms with Crippen molar-refractivity contribution in [1.82, 2.24) is 10.2 Å². The highest BCUT2D eigenvalue weighted by Gasteiger charge is 2.25. The molecule has 20 heavy (non-hydrogen) atoms. The number of aryl methyl sites for hydroxylation is 1. The first-order valence-electron chi connectivity index (χ1n) is 6.86. The van der Waals surface area contributed by atoms with Crippen molar-refractivity contribution in [2.24, 2.45) is 0 Å². The van der Waals surface area contributed by atoms with Gasteiger partial charge in [-0.05, 0) is 31.0 Å². The minimum absolute atomic E-state index is 0.437. The summed E-state index contributed by atoms with van der Waals surface area (Å²) < 4.78 is 0. The summed E-state index contributed by atoms with van der Waals surface area (Å²) in [5, 5.41) is 2.38. The summed E-state index contributed by atoms with van der Waals surface area (Å²) in [5.74, 6) is -0.974. The Hall–Kier alpha value is -2.04. The normalized spacial score (nSPS) is 15.2. The predicted molar refractivity (Wildman–Crippen MR) is 78.8 cm³/mol. The van der Waals surface area contributed by atoms with Crippen LogP contribution in [0.5, 0.6) is 0 Å². The van der Waals surface area contributed by atoms with Gasteiger partial charge >= 0.3 is 11.8 Å². The lowest BCUT2D eigenvalue weighted by atomic mass is 10.1. The number of benzene rings is 1. The molecular formula is C15H21N3O2. The molecule has 0 bridgehead atoms. The maximum atomic E-state index is 11.8. The minimum atomic E-state index is -0.537. The van der Waals surface area contributed by atoms with Crippen LogP contribution in [0.3, 0.4) is 0 Å². The third-order valence-corrected chi connectivity index (χ3v) is 3.90. The number of rotatable bonds is 1. The van der Waals surface area contributed by atoms with Crippen molar-refractivity contribution in [1.29, 1.82) is 0 Å². The van der Waals surface area contributed by atoms with Crippen LogP contribution in [0, 0.1) is 13.8 Å². The zero-order valence-corrected chi connectivity index (χ0v) is 12.3. The summed E-state index contributed by atoms with van der Waals surface area (Å²) in [6.45, 7) is 6.90. The first kappa shape index (κ1) is 14.4. The number of carbonyl (C=O) groups excluding carboxylic acids is 2. The molecule has 0 radical (unpaired) electrons. The quantitative estimate of drug-likeness (QED) is 0.768. The number of hydrogen-bond acceptors (Lipinski definition) is 3. The van der Waals surface area contributed by atoms with Gasteiger partial charge in [-0.15, -0.1) is 0 Å². The van der Waals surface area contributed by atoms with Gasteiger partial charge in [0.1, 0.15) is 0 Å². The lowest BCUT2D eigenvalue weighted by molar-refractivity contribution is -0.145.